The fraction of sp³-hybridized carbons (Fsp3) is 1.00. The normalized spacial score (nSPS) is 44.2. The van der Waals surface area contributed by atoms with Gasteiger partial charge in [-0.25, -0.2) is 10.0 Å². The molecule has 2 bridgehead atoms. The highest BCUT2D eigenvalue weighted by molar-refractivity contribution is 4.98. The molecule has 2 saturated heterocycles. The zero-order chi connectivity index (χ0) is 8.06. The summed E-state index contributed by atoms with van der Waals surface area (Å²) in [5.41, 5.74) is 0.148. The molecule has 2 fully saturated rings. The minimum absolute atomic E-state index is 0.148. The molecule has 0 saturated carbocycles. The van der Waals surface area contributed by atoms with Gasteiger partial charge in [-0.3, -0.25) is 0 Å². The van der Waals surface area contributed by atoms with Crippen LogP contribution in [0.2, 0.25) is 0 Å². The molecule has 0 aromatic heterocycles. The first-order chi connectivity index (χ1) is 5.11. The average molecular weight is 156 g/mol. The molecule has 0 N–H and O–H groups in total. The lowest BCUT2D eigenvalue weighted by Crippen LogP contribution is -2.47. The zero-order valence-electron chi connectivity index (χ0n) is 7.50. The summed E-state index contributed by atoms with van der Waals surface area (Å²) in [7, 11) is 4.20. The Labute approximate surface area is 67.9 Å². The topological polar surface area (TPSA) is 15.7 Å². The summed E-state index contributed by atoms with van der Waals surface area (Å²) in [5.74, 6) is 0. The van der Waals surface area contributed by atoms with Crippen LogP contribution in [0.1, 0.15) is 13.3 Å². The number of ether oxygens (including phenoxy) is 1. The van der Waals surface area contributed by atoms with E-state index in [4.69, 9.17) is 4.74 Å². The van der Waals surface area contributed by atoms with Gasteiger partial charge in [0, 0.05) is 20.6 Å². The average Bonchev–Trinajstić information content (AvgIpc) is 2.41. The van der Waals surface area contributed by atoms with Crippen LogP contribution in [0, 0.1) is 0 Å². The number of rotatable bonds is 1. The summed E-state index contributed by atoms with van der Waals surface area (Å²) in [6.45, 7) is 4.18. The van der Waals surface area contributed by atoms with Gasteiger partial charge in [-0.1, -0.05) is 0 Å². The van der Waals surface area contributed by atoms with Crippen molar-refractivity contribution in [2.75, 3.05) is 27.2 Å². The van der Waals surface area contributed by atoms with Crippen LogP contribution in [0.15, 0.2) is 0 Å². The first kappa shape index (κ1) is 7.53. The first-order valence-electron chi connectivity index (χ1n) is 4.19. The van der Waals surface area contributed by atoms with Gasteiger partial charge in [0.1, 0.15) is 0 Å². The van der Waals surface area contributed by atoms with Crippen molar-refractivity contribution in [3.63, 3.8) is 0 Å². The first-order valence-corrected chi connectivity index (χ1v) is 4.19. The van der Waals surface area contributed by atoms with E-state index in [2.05, 4.69) is 31.0 Å². The maximum absolute atomic E-state index is 5.65. The summed E-state index contributed by atoms with van der Waals surface area (Å²) in [5, 5.41) is 4.57. The van der Waals surface area contributed by atoms with Crippen molar-refractivity contribution in [1.29, 1.82) is 0 Å². The zero-order valence-corrected chi connectivity index (χ0v) is 7.50. The lowest BCUT2D eigenvalue weighted by molar-refractivity contribution is -0.0983. The van der Waals surface area contributed by atoms with E-state index >= 15 is 0 Å². The molecule has 0 aromatic carbocycles. The standard InChI is InChI=1S/C8H16N2O/c1-8-4-7(5-11-8)10(6-8)9(2)3/h7H,4-6H2,1-3H3. The lowest BCUT2D eigenvalue weighted by atomic mass is 10.1. The Morgan fingerprint density at radius 3 is 2.55 bits per heavy atom. The molecule has 0 aliphatic carbocycles. The third kappa shape index (κ3) is 1.08. The minimum atomic E-state index is 0.148. The van der Waals surface area contributed by atoms with Crippen LogP contribution >= 0.6 is 0 Å². The van der Waals surface area contributed by atoms with Crippen LogP contribution in [0.3, 0.4) is 0 Å². The van der Waals surface area contributed by atoms with Gasteiger partial charge in [-0.05, 0) is 13.3 Å². The third-order valence-corrected chi connectivity index (χ3v) is 2.72. The Kier molecular flexibility index (Phi) is 1.50. The van der Waals surface area contributed by atoms with Crippen molar-refractivity contribution in [2.45, 2.75) is 25.0 Å². The van der Waals surface area contributed by atoms with Crippen LogP contribution in [-0.2, 0) is 4.74 Å². The van der Waals surface area contributed by atoms with Crippen molar-refractivity contribution in [1.82, 2.24) is 10.0 Å². The highest BCUT2D eigenvalue weighted by Gasteiger charge is 2.48. The van der Waals surface area contributed by atoms with Gasteiger partial charge in [-0.15, -0.1) is 0 Å². The van der Waals surface area contributed by atoms with Gasteiger partial charge in [-0.2, -0.15) is 0 Å². The van der Waals surface area contributed by atoms with E-state index in [1.165, 1.54) is 6.42 Å². The number of hydrogen-bond acceptors (Lipinski definition) is 3. The molecule has 0 spiro atoms. The molecule has 2 atom stereocenters. The molecule has 3 nitrogen and oxygen atoms in total. The quantitative estimate of drug-likeness (QED) is 0.544. The maximum Gasteiger partial charge on any atom is 0.0812 e. The molecule has 2 aliphatic heterocycles. The maximum atomic E-state index is 5.65. The van der Waals surface area contributed by atoms with Crippen LogP contribution in [-0.4, -0.2) is 48.9 Å². The number of hydrogen-bond donors (Lipinski definition) is 0. The number of fused-ring (bicyclic) bond motifs is 2. The van der Waals surface area contributed by atoms with E-state index in [9.17, 15) is 0 Å². The van der Waals surface area contributed by atoms with E-state index in [1.54, 1.807) is 0 Å². The molecule has 2 rings (SSSR count). The van der Waals surface area contributed by atoms with E-state index < -0.39 is 0 Å². The molecule has 0 amide bonds. The van der Waals surface area contributed by atoms with Gasteiger partial charge in [0.15, 0.2) is 0 Å². The smallest absolute Gasteiger partial charge is 0.0812 e. The van der Waals surface area contributed by atoms with Gasteiger partial charge in [0.25, 0.3) is 0 Å². The van der Waals surface area contributed by atoms with Gasteiger partial charge < -0.3 is 4.74 Å². The molecule has 64 valence electrons. The lowest BCUT2D eigenvalue weighted by Gasteiger charge is -2.34. The van der Waals surface area contributed by atoms with Crippen LogP contribution in [0.5, 0.6) is 0 Å². The van der Waals surface area contributed by atoms with Gasteiger partial charge in [0.05, 0.1) is 18.2 Å². The van der Waals surface area contributed by atoms with Crippen molar-refractivity contribution >= 4 is 0 Å². The summed E-state index contributed by atoms with van der Waals surface area (Å²) in [4.78, 5) is 0. The second-order valence-corrected chi connectivity index (χ2v) is 4.06. The summed E-state index contributed by atoms with van der Waals surface area (Å²) >= 11 is 0. The number of morpholine rings is 1. The highest BCUT2D eigenvalue weighted by atomic mass is 16.5. The molecule has 2 aliphatic rings. The van der Waals surface area contributed by atoms with E-state index in [0.717, 1.165) is 13.2 Å². The number of nitrogens with zero attached hydrogens (tertiary/aromatic N) is 2. The van der Waals surface area contributed by atoms with Crippen molar-refractivity contribution in [2.24, 2.45) is 0 Å². The van der Waals surface area contributed by atoms with E-state index in [1.807, 2.05) is 0 Å². The number of hydrazine groups is 1. The summed E-state index contributed by atoms with van der Waals surface area (Å²) < 4.78 is 5.65. The van der Waals surface area contributed by atoms with Crippen molar-refractivity contribution in [3.05, 3.63) is 0 Å². The fourth-order valence-electron chi connectivity index (χ4n) is 2.16. The van der Waals surface area contributed by atoms with Crippen LogP contribution in [0.25, 0.3) is 0 Å². The van der Waals surface area contributed by atoms with Crippen molar-refractivity contribution < 1.29 is 4.74 Å². The van der Waals surface area contributed by atoms with Gasteiger partial charge >= 0.3 is 0 Å². The van der Waals surface area contributed by atoms with Crippen LogP contribution < -0.4 is 0 Å². The monoisotopic (exact) mass is 156 g/mol. The molecule has 2 unspecified atom stereocenters. The SMILES string of the molecule is CN(C)N1CC2(C)CC1CO2. The second kappa shape index (κ2) is 2.19. The Bertz CT molecular complexity index is 171. The largest absolute Gasteiger partial charge is 0.372 e. The molecule has 0 radical (unpaired) electrons. The predicted octanol–water partition coefficient (Wildman–Crippen LogP) is 0.326. The Morgan fingerprint density at radius 2 is 2.27 bits per heavy atom. The Hall–Kier alpha value is -0.120. The highest BCUT2D eigenvalue weighted by Crippen LogP contribution is 2.36. The van der Waals surface area contributed by atoms with E-state index in [-0.39, 0.29) is 5.60 Å². The Balaban J connectivity index is 2.10. The molecule has 0 aromatic rings. The predicted molar refractivity (Wildman–Crippen MR) is 43.2 cm³/mol. The Morgan fingerprint density at radius 1 is 1.55 bits per heavy atom. The molecule has 2 heterocycles. The minimum Gasteiger partial charge on any atom is -0.372 e. The van der Waals surface area contributed by atoms with Crippen molar-refractivity contribution in [3.8, 4) is 0 Å². The van der Waals surface area contributed by atoms with E-state index in [0.29, 0.717) is 6.04 Å². The molecular formula is C8H16N2O. The summed E-state index contributed by atoms with van der Waals surface area (Å²) in [6, 6.07) is 0.634. The molecule has 3 heteroatoms. The van der Waals surface area contributed by atoms with Gasteiger partial charge in [0.2, 0.25) is 0 Å². The third-order valence-electron chi connectivity index (χ3n) is 2.72. The second-order valence-electron chi connectivity index (χ2n) is 4.06. The van der Waals surface area contributed by atoms with Crippen LogP contribution in [0.4, 0.5) is 0 Å². The summed E-state index contributed by atoms with van der Waals surface area (Å²) in [6.07, 6.45) is 1.20. The molecular weight excluding hydrogens is 140 g/mol. The molecule has 11 heavy (non-hydrogen) atoms. The fourth-order valence-corrected chi connectivity index (χ4v) is 2.16.